The van der Waals surface area contributed by atoms with Crippen LogP contribution in [-0.2, 0) is 16.6 Å². The molecule has 0 radical (unpaired) electrons. The molecule has 48 heavy (non-hydrogen) atoms. The highest BCUT2D eigenvalue weighted by atomic mass is 35.5. The highest BCUT2D eigenvalue weighted by Gasteiger charge is 2.25. The van der Waals surface area contributed by atoms with Crippen molar-refractivity contribution in [1.29, 1.82) is 0 Å². The van der Waals surface area contributed by atoms with Crippen LogP contribution in [0.1, 0.15) is 61.0 Å². The van der Waals surface area contributed by atoms with Gasteiger partial charge in [0.1, 0.15) is 24.0 Å². The van der Waals surface area contributed by atoms with Gasteiger partial charge in [-0.1, -0.05) is 49.1 Å². The van der Waals surface area contributed by atoms with Crippen LogP contribution in [-0.4, -0.2) is 41.8 Å². The quantitative estimate of drug-likeness (QED) is 0.155. The second-order valence-electron chi connectivity index (χ2n) is 11.8. The Bertz CT molecular complexity index is 2060. The van der Waals surface area contributed by atoms with Crippen molar-refractivity contribution in [1.82, 2.24) is 9.55 Å². The molecule has 1 saturated carbocycles. The maximum Gasteiger partial charge on any atom is 0.335 e. The number of carboxylic acids is 1. The number of hydrogen-bond acceptors (Lipinski definition) is 5. The average Bonchev–Trinajstić information content (AvgIpc) is 3.46. The van der Waals surface area contributed by atoms with Gasteiger partial charge in [0.2, 0.25) is 10.0 Å². The first-order valence-electron chi connectivity index (χ1n) is 15.6. The largest absolute Gasteiger partial charge is 0.489 e. The number of rotatable bonds is 10. The lowest BCUT2D eigenvalue weighted by atomic mass is 9.94. The first-order chi connectivity index (χ1) is 22.6. The Hall–Kier alpha value is -4.12. The van der Waals surface area contributed by atoms with Gasteiger partial charge in [-0.25, -0.2) is 22.6 Å². The second-order valence-corrected chi connectivity index (χ2v) is 14.5. The zero-order valence-corrected chi connectivity index (χ0v) is 28.9. The number of sulfonamides is 1. The maximum absolute atomic E-state index is 16.0. The van der Waals surface area contributed by atoms with Crippen molar-refractivity contribution in [2.75, 3.05) is 17.1 Å². The van der Waals surface area contributed by atoms with Crippen LogP contribution in [0, 0.1) is 5.82 Å². The van der Waals surface area contributed by atoms with Crippen LogP contribution in [0.5, 0.6) is 5.75 Å². The third-order valence-corrected chi connectivity index (χ3v) is 10.9. The molecule has 1 heterocycles. The highest BCUT2D eigenvalue weighted by Crippen LogP contribution is 2.38. The van der Waals surface area contributed by atoms with Crippen molar-refractivity contribution in [2.24, 2.45) is 0 Å². The zero-order valence-electron chi connectivity index (χ0n) is 26.5. The molecule has 5 aromatic rings. The van der Waals surface area contributed by atoms with E-state index in [1.165, 1.54) is 23.5 Å². The maximum atomic E-state index is 16.0. The van der Waals surface area contributed by atoms with Crippen molar-refractivity contribution in [3.63, 3.8) is 0 Å². The van der Waals surface area contributed by atoms with Crippen LogP contribution in [0.15, 0.2) is 78.9 Å². The van der Waals surface area contributed by atoms with Gasteiger partial charge in [-0.2, -0.15) is 0 Å². The average molecular weight is 713 g/mol. The van der Waals surface area contributed by atoms with Gasteiger partial charge in [0, 0.05) is 24.2 Å². The number of halogens is 3. The summed E-state index contributed by atoms with van der Waals surface area (Å²) in [5.74, 6) is -0.863. The molecule has 0 amide bonds. The van der Waals surface area contributed by atoms with Crippen LogP contribution < -0.4 is 9.04 Å². The molecule has 6 rings (SSSR count). The normalized spacial score (nSPS) is 13.7. The number of aromatic nitrogens is 2. The van der Waals surface area contributed by atoms with Gasteiger partial charge in [-0.3, -0.25) is 4.31 Å². The lowest BCUT2D eigenvalue weighted by molar-refractivity contribution is 0.0697. The van der Waals surface area contributed by atoms with Gasteiger partial charge in [0.05, 0.1) is 33.6 Å². The highest BCUT2D eigenvalue weighted by molar-refractivity contribution is 7.92. The molecule has 0 bridgehead atoms. The lowest BCUT2D eigenvalue weighted by Crippen LogP contribution is -2.28. The van der Waals surface area contributed by atoms with E-state index >= 15 is 4.39 Å². The van der Waals surface area contributed by atoms with E-state index in [1.807, 2.05) is 18.2 Å². The number of nitrogens with zero attached hydrogens (tertiary/aromatic N) is 3. The van der Waals surface area contributed by atoms with E-state index in [0.717, 1.165) is 48.7 Å². The molecule has 12 heteroatoms. The summed E-state index contributed by atoms with van der Waals surface area (Å²) in [5, 5.41) is 10.1. The fraction of sp³-hybridized carbons (Fsp3) is 0.278. The van der Waals surface area contributed by atoms with Crippen LogP contribution in [0.25, 0.3) is 33.5 Å². The number of fused-ring (bicyclic) bond motifs is 1. The van der Waals surface area contributed by atoms with Crippen LogP contribution in [0.4, 0.5) is 10.1 Å². The molecule has 1 N–H and O–H groups in total. The summed E-state index contributed by atoms with van der Waals surface area (Å²) in [6, 6.07) is 22.3. The Balaban J connectivity index is 0.00000451. The van der Waals surface area contributed by atoms with Crippen LogP contribution >= 0.6 is 24.0 Å². The summed E-state index contributed by atoms with van der Waals surface area (Å²) >= 11 is 6.12. The summed E-state index contributed by atoms with van der Waals surface area (Å²) in [4.78, 5) is 16.4. The third kappa shape index (κ3) is 7.16. The van der Waals surface area contributed by atoms with Gasteiger partial charge in [-0.15, -0.1) is 12.4 Å². The van der Waals surface area contributed by atoms with E-state index < -0.39 is 21.8 Å². The van der Waals surface area contributed by atoms with Crippen LogP contribution in [0.2, 0.25) is 5.02 Å². The van der Waals surface area contributed by atoms with Crippen molar-refractivity contribution in [3.05, 3.63) is 101 Å². The number of imidazole rings is 1. The molecule has 0 spiro atoms. The molecule has 8 nitrogen and oxygen atoms in total. The monoisotopic (exact) mass is 711 g/mol. The molecular weight excluding hydrogens is 676 g/mol. The standard InChI is InChI=1S/C36H35ClFN3O5S.ClH/c1-3-47(44,45)40(2)28-14-16-30(23-9-12-26(37)13-10-23)25(19-28)22-46-29-15-17-31(32(38)21-29)35-39-33-20-24(36(42)43)11-18-34(33)41(35)27-7-5-4-6-8-27;/h9-21,27H,3-8,22H2,1-2H3,(H,42,43);1H. The minimum absolute atomic E-state index is 0. The molecular formula is C36H36Cl2FN3O5S. The number of aromatic carboxylic acids is 1. The minimum Gasteiger partial charge on any atom is -0.489 e. The minimum atomic E-state index is -3.49. The van der Waals surface area contributed by atoms with E-state index in [-0.39, 0.29) is 36.4 Å². The van der Waals surface area contributed by atoms with E-state index in [9.17, 15) is 18.3 Å². The van der Waals surface area contributed by atoms with Crippen LogP contribution in [0.3, 0.4) is 0 Å². The van der Waals surface area contributed by atoms with E-state index in [4.69, 9.17) is 21.3 Å². The van der Waals surface area contributed by atoms with Gasteiger partial charge >= 0.3 is 5.97 Å². The van der Waals surface area contributed by atoms with Crippen molar-refractivity contribution >= 4 is 56.7 Å². The summed E-state index contributed by atoms with van der Waals surface area (Å²) in [7, 11) is -1.98. The lowest BCUT2D eigenvalue weighted by Gasteiger charge is -2.25. The number of ether oxygens (including phenoxy) is 1. The topological polar surface area (TPSA) is 102 Å². The zero-order chi connectivity index (χ0) is 33.3. The number of carbonyl (C=O) groups is 1. The smallest absolute Gasteiger partial charge is 0.335 e. The van der Waals surface area contributed by atoms with E-state index in [0.29, 0.717) is 38.9 Å². The molecule has 0 unspecified atom stereocenters. The predicted molar refractivity (Wildman–Crippen MR) is 191 cm³/mol. The second kappa shape index (κ2) is 14.6. The number of carboxylic acid groups (broad SMARTS) is 1. The summed E-state index contributed by atoms with van der Waals surface area (Å²) in [6.07, 6.45) is 5.14. The Morgan fingerprint density at radius 2 is 1.71 bits per heavy atom. The first-order valence-corrected chi connectivity index (χ1v) is 17.6. The summed E-state index contributed by atoms with van der Waals surface area (Å²) in [5.41, 5.74) is 4.60. The fourth-order valence-electron chi connectivity index (χ4n) is 6.22. The predicted octanol–water partition coefficient (Wildman–Crippen LogP) is 9.15. The Morgan fingerprint density at radius 3 is 2.38 bits per heavy atom. The Morgan fingerprint density at radius 1 is 1.00 bits per heavy atom. The Labute approximate surface area is 290 Å². The first kappa shape index (κ1) is 35.2. The van der Waals surface area contributed by atoms with Gasteiger partial charge < -0.3 is 14.4 Å². The Kier molecular flexibility index (Phi) is 10.7. The third-order valence-electron chi connectivity index (χ3n) is 8.84. The molecule has 252 valence electrons. The van der Waals surface area contributed by atoms with Gasteiger partial charge in [0.25, 0.3) is 0 Å². The number of benzene rings is 4. The van der Waals surface area contributed by atoms with E-state index in [2.05, 4.69) is 4.57 Å². The molecule has 1 aliphatic rings. The molecule has 1 aliphatic carbocycles. The summed E-state index contributed by atoms with van der Waals surface area (Å²) < 4.78 is 50.6. The van der Waals surface area contributed by atoms with Gasteiger partial charge in [0.15, 0.2) is 0 Å². The van der Waals surface area contributed by atoms with Crippen molar-refractivity contribution in [3.8, 4) is 28.3 Å². The molecule has 0 saturated heterocycles. The molecule has 1 fully saturated rings. The molecule has 1 aromatic heterocycles. The fourth-order valence-corrected chi connectivity index (χ4v) is 7.17. The van der Waals surface area contributed by atoms with Gasteiger partial charge in [-0.05, 0) is 91.1 Å². The van der Waals surface area contributed by atoms with Crippen molar-refractivity contribution in [2.45, 2.75) is 51.7 Å². The van der Waals surface area contributed by atoms with E-state index in [1.54, 1.807) is 55.5 Å². The van der Waals surface area contributed by atoms with Crippen molar-refractivity contribution < 1.29 is 27.4 Å². The summed E-state index contributed by atoms with van der Waals surface area (Å²) in [6.45, 7) is 1.64. The number of hydrogen-bond donors (Lipinski definition) is 1. The SMILES string of the molecule is CCS(=O)(=O)N(C)c1ccc(-c2ccc(Cl)cc2)c(COc2ccc(-c3nc4cc(C(=O)O)ccc4n3C3CCCCC3)c(F)c2)c1.Cl. The number of anilines is 1. The molecule has 4 aromatic carbocycles. The molecule has 0 atom stereocenters. The molecule has 0 aliphatic heterocycles.